The van der Waals surface area contributed by atoms with E-state index < -0.39 is 11.8 Å². The molecule has 1 atom stereocenters. The number of carboxylic acid groups (broad SMARTS) is 1. The SMILES string of the molecule is CN(Cc1cccc(C(=O)O)c1F)CC1CCCCO1. The molecule has 0 aliphatic carbocycles. The highest BCUT2D eigenvalue weighted by atomic mass is 19.1. The second-order valence-electron chi connectivity index (χ2n) is 5.27. The molecule has 1 aromatic carbocycles. The zero-order chi connectivity index (χ0) is 14.5. The van der Waals surface area contributed by atoms with Crippen LogP contribution in [-0.4, -0.2) is 42.3 Å². The van der Waals surface area contributed by atoms with Crippen molar-refractivity contribution in [1.29, 1.82) is 0 Å². The van der Waals surface area contributed by atoms with Gasteiger partial charge in [-0.15, -0.1) is 0 Å². The van der Waals surface area contributed by atoms with Gasteiger partial charge in [-0.25, -0.2) is 9.18 Å². The van der Waals surface area contributed by atoms with Gasteiger partial charge in [0.25, 0.3) is 0 Å². The number of halogens is 1. The number of carbonyl (C=O) groups is 1. The van der Waals surface area contributed by atoms with Crippen LogP contribution < -0.4 is 0 Å². The molecule has 2 rings (SSSR count). The molecule has 0 amide bonds. The Kier molecular flexibility index (Phi) is 5.09. The topological polar surface area (TPSA) is 49.8 Å². The van der Waals surface area contributed by atoms with Gasteiger partial charge in [-0.1, -0.05) is 12.1 Å². The van der Waals surface area contributed by atoms with Gasteiger partial charge in [0.1, 0.15) is 5.82 Å². The van der Waals surface area contributed by atoms with Crippen molar-refractivity contribution in [3.63, 3.8) is 0 Å². The molecule has 1 aliphatic heterocycles. The molecule has 0 spiro atoms. The van der Waals surface area contributed by atoms with Crippen LogP contribution in [0.2, 0.25) is 0 Å². The van der Waals surface area contributed by atoms with Gasteiger partial charge in [0.2, 0.25) is 0 Å². The Morgan fingerprint density at radius 1 is 1.50 bits per heavy atom. The normalized spacial score (nSPS) is 19.2. The highest BCUT2D eigenvalue weighted by Crippen LogP contribution is 2.17. The molecule has 1 heterocycles. The molecule has 0 bridgehead atoms. The Hall–Kier alpha value is -1.46. The van der Waals surface area contributed by atoms with Crippen molar-refractivity contribution >= 4 is 5.97 Å². The highest BCUT2D eigenvalue weighted by molar-refractivity contribution is 5.88. The number of ether oxygens (including phenoxy) is 1. The minimum atomic E-state index is -1.23. The highest BCUT2D eigenvalue weighted by Gasteiger charge is 2.18. The third-order valence-corrected chi connectivity index (χ3v) is 3.54. The molecule has 5 heteroatoms. The number of nitrogens with zero attached hydrogens (tertiary/aromatic N) is 1. The molecule has 4 nitrogen and oxygen atoms in total. The van der Waals surface area contributed by atoms with Crippen LogP contribution in [0.3, 0.4) is 0 Å². The Bertz CT molecular complexity index is 472. The fourth-order valence-electron chi connectivity index (χ4n) is 2.52. The third kappa shape index (κ3) is 3.77. The first-order valence-electron chi connectivity index (χ1n) is 6.88. The van der Waals surface area contributed by atoms with E-state index in [9.17, 15) is 9.18 Å². The molecule has 0 aromatic heterocycles. The lowest BCUT2D eigenvalue weighted by molar-refractivity contribution is -0.00274. The quantitative estimate of drug-likeness (QED) is 0.901. The molecule has 0 saturated carbocycles. The van der Waals surface area contributed by atoms with Crippen LogP contribution in [0.25, 0.3) is 0 Å². The first-order chi connectivity index (χ1) is 9.58. The van der Waals surface area contributed by atoms with Gasteiger partial charge in [0.05, 0.1) is 11.7 Å². The Labute approximate surface area is 118 Å². The number of aromatic carboxylic acids is 1. The maximum Gasteiger partial charge on any atom is 0.338 e. The van der Waals surface area contributed by atoms with Gasteiger partial charge in [-0.2, -0.15) is 0 Å². The molecule has 1 fully saturated rings. The van der Waals surface area contributed by atoms with Crippen molar-refractivity contribution in [3.8, 4) is 0 Å². The lowest BCUT2D eigenvalue weighted by Crippen LogP contribution is -2.33. The van der Waals surface area contributed by atoms with Crippen LogP contribution in [0, 0.1) is 5.82 Å². The monoisotopic (exact) mass is 281 g/mol. The summed E-state index contributed by atoms with van der Waals surface area (Å²) in [5, 5.41) is 8.91. The average Bonchev–Trinajstić information content (AvgIpc) is 2.42. The lowest BCUT2D eigenvalue weighted by atomic mass is 10.1. The zero-order valence-electron chi connectivity index (χ0n) is 11.6. The van der Waals surface area contributed by atoms with Crippen LogP contribution in [0.15, 0.2) is 18.2 Å². The molecule has 1 N–H and O–H groups in total. The molecular formula is C15H20FNO3. The fourth-order valence-corrected chi connectivity index (χ4v) is 2.52. The average molecular weight is 281 g/mol. The molecule has 110 valence electrons. The molecule has 1 saturated heterocycles. The Morgan fingerprint density at radius 2 is 2.30 bits per heavy atom. The van der Waals surface area contributed by atoms with Crippen LogP contribution >= 0.6 is 0 Å². The number of hydrogen-bond acceptors (Lipinski definition) is 3. The Balaban J connectivity index is 1.98. The molecule has 20 heavy (non-hydrogen) atoms. The molecule has 0 radical (unpaired) electrons. The number of likely N-dealkylation sites (N-methyl/N-ethyl adjacent to an activating group) is 1. The van der Waals surface area contributed by atoms with E-state index in [4.69, 9.17) is 9.84 Å². The van der Waals surface area contributed by atoms with Crippen molar-refractivity contribution in [2.24, 2.45) is 0 Å². The maximum absolute atomic E-state index is 14.0. The standard InChI is InChI=1S/C15H20FNO3/c1-17(10-12-6-2-3-8-20-12)9-11-5-4-7-13(14(11)16)15(18)19/h4-5,7,12H,2-3,6,8-10H2,1H3,(H,18,19). The molecule has 1 aliphatic rings. The van der Waals surface area contributed by atoms with Gasteiger partial charge in [0, 0.05) is 25.3 Å². The van der Waals surface area contributed by atoms with E-state index in [0.717, 1.165) is 26.0 Å². The van der Waals surface area contributed by atoms with E-state index in [1.807, 2.05) is 11.9 Å². The van der Waals surface area contributed by atoms with E-state index >= 15 is 0 Å². The van der Waals surface area contributed by atoms with E-state index in [0.29, 0.717) is 12.1 Å². The van der Waals surface area contributed by atoms with Crippen molar-refractivity contribution < 1.29 is 19.0 Å². The minimum Gasteiger partial charge on any atom is -0.478 e. The summed E-state index contributed by atoms with van der Waals surface area (Å²) in [6.07, 6.45) is 3.50. The zero-order valence-corrected chi connectivity index (χ0v) is 11.6. The van der Waals surface area contributed by atoms with Gasteiger partial charge >= 0.3 is 5.97 Å². The fraction of sp³-hybridized carbons (Fsp3) is 0.533. The summed E-state index contributed by atoms with van der Waals surface area (Å²) >= 11 is 0. The van der Waals surface area contributed by atoms with Crippen molar-refractivity contribution in [1.82, 2.24) is 4.90 Å². The second-order valence-corrected chi connectivity index (χ2v) is 5.27. The van der Waals surface area contributed by atoms with Gasteiger partial charge in [0.15, 0.2) is 0 Å². The summed E-state index contributed by atoms with van der Waals surface area (Å²) in [7, 11) is 1.89. The van der Waals surface area contributed by atoms with Crippen molar-refractivity contribution in [2.45, 2.75) is 31.9 Å². The van der Waals surface area contributed by atoms with Gasteiger partial charge in [-0.05, 0) is 32.4 Å². The molecule has 1 unspecified atom stereocenters. The number of rotatable bonds is 5. The van der Waals surface area contributed by atoms with Gasteiger partial charge < -0.3 is 9.84 Å². The Morgan fingerprint density at radius 3 is 2.95 bits per heavy atom. The summed E-state index contributed by atoms with van der Waals surface area (Å²) in [5.74, 6) is -1.88. The van der Waals surface area contributed by atoms with E-state index in [2.05, 4.69) is 0 Å². The van der Waals surface area contributed by atoms with Crippen LogP contribution in [0.1, 0.15) is 35.2 Å². The lowest BCUT2D eigenvalue weighted by Gasteiger charge is -2.27. The van der Waals surface area contributed by atoms with E-state index in [-0.39, 0.29) is 11.7 Å². The number of benzene rings is 1. The van der Waals surface area contributed by atoms with Crippen LogP contribution in [0.5, 0.6) is 0 Å². The first-order valence-corrected chi connectivity index (χ1v) is 6.88. The largest absolute Gasteiger partial charge is 0.478 e. The summed E-state index contributed by atoms with van der Waals surface area (Å²) in [4.78, 5) is 12.9. The summed E-state index contributed by atoms with van der Waals surface area (Å²) in [6.45, 7) is 1.91. The van der Waals surface area contributed by atoms with E-state index in [1.54, 1.807) is 12.1 Å². The van der Waals surface area contributed by atoms with Crippen LogP contribution in [0.4, 0.5) is 4.39 Å². The minimum absolute atomic E-state index is 0.194. The van der Waals surface area contributed by atoms with Crippen molar-refractivity contribution in [2.75, 3.05) is 20.2 Å². The number of carboxylic acids is 1. The maximum atomic E-state index is 14.0. The predicted octanol–water partition coefficient (Wildman–Crippen LogP) is 2.52. The molecule has 1 aromatic rings. The summed E-state index contributed by atoms with van der Waals surface area (Å²) < 4.78 is 19.7. The van der Waals surface area contributed by atoms with E-state index in [1.165, 1.54) is 12.5 Å². The predicted molar refractivity (Wildman–Crippen MR) is 73.3 cm³/mol. The van der Waals surface area contributed by atoms with Crippen LogP contribution in [-0.2, 0) is 11.3 Å². The smallest absolute Gasteiger partial charge is 0.338 e. The first kappa shape index (κ1) is 14.9. The summed E-state index contributed by atoms with van der Waals surface area (Å²) in [6, 6.07) is 4.48. The molecular weight excluding hydrogens is 261 g/mol. The third-order valence-electron chi connectivity index (χ3n) is 3.54. The van der Waals surface area contributed by atoms with Gasteiger partial charge in [-0.3, -0.25) is 4.90 Å². The number of hydrogen-bond donors (Lipinski definition) is 1. The second kappa shape index (κ2) is 6.81. The summed E-state index contributed by atoms with van der Waals surface area (Å²) in [5.41, 5.74) is 0.132. The van der Waals surface area contributed by atoms with Crippen molar-refractivity contribution in [3.05, 3.63) is 35.1 Å².